The Labute approximate surface area is 121 Å². The van der Waals surface area contributed by atoms with E-state index in [0.717, 1.165) is 0 Å². The Morgan fingerprint density at radius 3 is 2.65 bits per heavy atom. The average Bonchev–Trinajstić information content (AvgIpc) is 2.38. The van der Waals surface area contributed by atoms with Gasteiger partial charge in [0.25, 0.3) is 5.91 Å². The molecular formula is C15H13ClFNO2. The highest BCUT2D eigenvalue weighted by molar-refractivity contribution is 6.31. The lowest BCUT2D eigenvalue weighted by atomic mass is 10.1. The number of anilines is 1. The molecule has 0 saturated carbocycles. The van der Waals surface area contributed by atoms with Crippen LogP contribution in [0, 0.1) is 12.7 Å². The van der Waals surface area contributed by atoms with E-state index in [0.29, 0.717) is 27.6 Å². The molecule has 0 unspecified atom stereocenters. The van der Waals surface area contributed by atoms with Gasteiger partial charge in [-0.1, -0.05) is 11.6 Å². The van der Waals surface area contributed by atoms with E-state index in [1.807, 2.05) is 0 Å². The largest absolute Gasteiger partial charge is 0.495 e. The highest BCUT2D eigenvalue weighted by Crippen LogP contribution is 2.28. The summed E-state index contributed by atoms with van der Waals surface area (Å²) in [5.74, 6) is -0.218. The molecule has 0 radical (unpaired) electrons. The molecule has 2 aromatic rings. The Kier molecular flexibility index (Phi) is 4.25. The molecule has 1 amide bonds. The first kappa shape index (κ1) is 14.3. The average molecular weight is 294 g/mol. The van der Waals surface area contributed by atoms with E-state index >= 15 is 0 Å². The van der Waals surface area contributed by atoms with Crippen LogP contribution in [0.1, 0.15) is 15.9 Å². The van der Waals surface area contributed by atoms with Crippen molar-refractivity contribution in [2.45, 2.75) is 6.92 Å². The zero-order valence-corrected chi connectivity index (χ0v) is 11.8. The molecule has 0 fully saturated rings. The first-order valence-corrected chi connectivity index (χ1v) is 6.30. The Bertz CT molecular complexity index is 658. The molecule has 0 aromatic heterocycles. The molecule has 0 atom stereocenters. The van der Waals surface area contributed by atoms with Gasteiger partial charge >= 0.3 is 0 Å². The maximum atomic E-state index is 13.0. The Morgan fingerprint density at radius 2 is 2.00 bits per heavy atom. The Balaban J connectivity index is 2.30. The third-order valence-electron chi connectivity index (χ3n) is 2.84. The predicted molar refractivity (Wildman–Crippen MR) is 77.1 cm³/mol. The van der Waals surface area contributed by atoms with E-state index in [2.05, 4.69) is 5.32 Å². The summed E-state index contributed by atoms with van der Waals surface area (Å²) >= 11 is 5.90. The van der Waals surface area contributed by atoms with Crippen molar-refractivity contribution in [1.29, 1.82) is 0 Å². The minimum absolute atomic E-state index is 0.344. The third kappa shape index (κ3) is 3.08. The van der Waals surface area contributed by atoms with Gasteiger partial charge in [-0.2, -0.15) is 0 Å². The molecule has 0 saturated heterocycles. The minimum Gasteiger partial charge on any atom is -0.495 e. The standard InChI is InChI=1S/C15H13ClFNO2/c1-9-7-11(17)4-5-12(9)15(19)18-13-8-10(16)3-6-14(13)20-2/h3-8H,1-2H3,(H,18,19). The molecule has 0 aliphatic heterocycles. The zero-order valence-electron chi connectivity index (χ0n) is 11.0. The van der Waals surface area contributed by atoms with Crippen molar-refractivity contribution in [2.75, 3.05) is 12.4 Å². The molecule has 104 valence electrons. The lowest BCUT2D eigenvalue weighted by Crippen LogP contribution is -2.14. The summed E-state index contributed by atoms with van der Waals surface area (Å²) in [6, 6.07) is 8.92. The maximum Gasteiger partial charge on any atom is 0.256 e. The molecule has 2 rings (SSSR count). The minimum atomic E-state index is -0.376. The predicted octanol–water partition coefficient (Wildman–Crippen LogP) is 4.05. The van der Waals surface area contributed by atoms with Crippen LogP contribution in [0.25, 0.3) is 0 Å². The van der Waals surface area contributed by atoms with Gasteiger partial charge in [0.05, 0.1) is 12.8 Å². The van der Waals surface area contributed by atoms with Crippen LogP contribution >= 0.6 is 11.6 Å². The summed E-state index contributed by atoms with van der Waals surface area (Å²) in [7, 11) is 1.50. The van der Waals surface area contributed by atoms with Crippen LogP contribution in [0.3, 0.4) is 0 Å². The second kappa shape index (κ2) is 5.92. The van der Waals surface area contributed by atoms with Crippen molar-refractivity contribution in [3.05, 3.63) is 58.4 Å². The van der Waals surface area contributed by atoms with E-state index in [1.54, 1.807) is 25.1 Å². The number of hydrogen-bond donors (Lipinski definition) is 1. The fraction of sp³-hybridized carbons (Fsp3) is 0.133. The van der Waals surface area contributed by atoms with Gasteiger partial charge in [0, 0.05) is 10.6 Å². The van der Waals surface area contributed by atoms with E-state index in [-0.39, 0.29) is 11.7 Å². The van der Waals surface area contributed by atoms with Crippen molar-refractivity contribution >= 4 is 23.2 Å². The summed E-state index contributed by atoms with van der Waals surface area (Å²) in [6.07, 6.45) is 0. The van der Waals surface area contributed by atoms with Gasteiger partial charge in [-0.15, -0.1) is 0 Å². The van der Waals surface area contributed by atoms with Crippen LogP contribution in [0.2, 0.25) is 5.02 Å². The van der Waals surface area contributed by atoms with Crippen LogP contribution in [-0.2, 0) is 0 Å². The number of nitrogens with one attached hydrogen (secondary N) is 1. The van der Waals surface area contributed by atoms with Crippen molar-refractivity contribution in [3.63, 3.8) is 0 Å². The van der Waals surface area contributed by atoms with E-state index < -0.39 is 0 Å². The number of benzene rings is 2. The molecule has 0 heterocycles. The van der Waals surface area contributed by atoms with Crippen LogP contribution in [-0.4, -0.2) is 13.0 Å². The fourth-order valence-electron chi connectivity index (χ4n) is 1.85. The number of rotatable bonds is 3. The lowest BCUT2D eigenvalue weighted by Gasteiger charge is -2.11. The van der Waals surface area contributed by atoms with Crippen molar-refractivity contribution in [2.24, 2.45) is 0 Å². The second-order valence-corrected chi connectivity index (χ2v) is 4.69. The fourth-order valence-corrected chi connectivity index (χ4v) is 2.02. The van der Waals surface area contributed by atoms with Gasteiger partial charge in [0.15, 0.2) is 0 Å². The third-order valence-corrected chi connectivity index (χ3v) is 3.08. The number of hydrogen-bond acceptors (Lipinski definition) is 2. The molecule has 0 aliphatic rings. The van der Waals surface area contributed by atoms with Crippen LogP contribution in [0.5, 0.6) is 5.75 Å². The smallest absolute Gasteiger partial charge is 0.256 e. The summed E-state index contributed by atoms with van der Waals surface area (Å²) in [5, 5.41) is 3.19. The van der Waals surface area contributed by atoms with Gasteiger partial charge in [-0.25, -0.2) is 4.39 Å². The number of carbonyl (C=O) groups excluding carboxylic acids is 1. The van der Waals surface area contributed by atoms with Gasteiger partial charge in [0.2, 0.25) is 0 Å². The first-order chi connectivity index (χ1) is 9.51. The van der Waals surface area contributed by atoms with Crippen LogP contribution < -0.4 is 10.1 Å². The molecule has 2 aromatic carbocycles. The molecule has 20 heavy (non-hydrogen) atoms. The number of methoxy groups -OCH3 is 1. The Morgan fingerprint density at radius 1 is 1.25 bits per heavy atom. The lowest BCUT2D eigenvalue weighted by molar-refractivity contribution is 0.102. The molecule has 0 spiro atoms. The van der Waals surface area contributed by atoms with Crippen molar-refractivity contribution in [3.8, 4) is 5.75 Å². The van der Waals surface area contributed by atoms with Gasteiger partial charge in [-0.05, 0) is 48.9 Å². The summed E-state index contributed by atoms with van der Waals surface area (Å²) in [5.41, 5.74) is 1.42. The summed E-state index contributed by atoms with van der Waals surface area (Å²) < 4.78 is 18.2. The van der Waals surface area contributed by atoms with E-state index in [9.17, 15) is 9.18 Å². The zero-order chi connectivity index (χ0) is 14.7. The van der Waals surface area contributed by atoms with E-state index in [4.69, 9.17) is 16.3 Å². The highest BCUT2D eigenvalue weighted by atomic mass is 35.5. The second-order valence-electron chi connectivity index (χ2n) is 4.26. The quantitative estimate of drug-likeness (QED) is 0.927. The molecule has 5 heteroatoms. The van der Waals surface area contributed by atoms with Crippen molar-refractivity contribution in [1.82, 2.24) is 0 Å². The molecular weight excluding hydrogens is 281 g/mol. The SMILES string of the molecule is COc1ccc(Cl)cc1NC(=O)c1ccc(F)cc1C. The maximum absolute atomic E-state index is 13.0. The highest BCUT2D eigenvalue weighted by Gasteiger charge is 2.12. The summed E-state index contributed by atoms with van der Waals surface area (Å²) in [6.45, 7) is 1.67. The van der Waals surface area contributed by atoms with Gasteiger partial charge < -0.3 is 10.1 Å². The normalized spacial score (nSPS) is 10.2. The number of ether oxygens (including phenoxy) is 1. The monoisotopic (exact) mass is 293 g/mol. The molecule has 0 aliphatic carbocycles. The van der Waals surface area contributed by atoms with Gasteiger partial charge in [-0.3, -0.25) is 4.79 Å². The molecule has 1 N–H and O–H groups in total. The Hall–Kier alpha value is -2.07. The number of halogens is 2. The summed E-state index contributed by atoms with van der Waals surface area (Å²) in [4.78, 5) is 12.2. The number of amides is 1. The molecule has 0 bridgehead atoms. The number of aryl methyl sites for hydroxylation is 1. The van der Waals surface area contributed by atoms with Gasteiger partial charge in [0.1, 0.15) is 11.6 Å². The van der Waals surface area contributed by atoms with Crippen LogP contribution in [0.15, 0.2) is 36.4 Å². The van der Waals surface area contributed by atoms with Crippen LogP contribution in [0.4, 0.5) is 10.1 Å². The number of carbonyl (C=O) groups is 1. The first-order valence-electron chi connectivity index (χ1n) is 5.92. The van der Waals surface area contributed by atoms with E-state index in [1.165, 1.54) is 25.3 Å². The topological polar surface area (TPSA) is 38.3 Å². The van der Waals surface area contributed by atoms with Crippen molar-refractivity contribution < 1.29 is 13.9 Å². The molecule has 3 nitrogen and oxygen atoms in total.